The summed E-state index contributed by atoms with van der Waals surface area (Å²) in [6, 6.07) is 10.0. The van der Waals surface area contributed by atoms with Crippen molar-refractivity contribution < 1.29 is 9.53 Å². The number of aromatic nitrogens is 4. The number of aryl methyl sites for hydroxylation is 1. The van der Waals surface area contributed by atoms with Gasteiger partial charge < -0.3 is 14.6 Å². The van der Waals surface area contributed by atoms with Crippen molar-refractivity contribution in [3.63, 3.8) is 0 Å². The van der Waals surface area contributed by atoms with Crippen molar-refractivity contribution in [2.75, 3.05) is 31.2 Å². The molecule has 2 fully saturated rings. The zero-order valence-corrected chi connectivity index (χ0v) is 20.4. The van der Waals surface area contributed by atoms with Crippen molar-refractivity contribution in [3.8, 4) is 0 Å². The first kappa shape index (κ1) is 22.4. The molecule has 35 heavy (non-hydrogen) atoms. The number of nitrogens with one attached hydrogen (secondary N) is 1. The van der Waals surface area contributed by atoms with Gasteiger partial charge in [0.25, 0.3) is 5.91 Å². The maximum absolute atomic E-state index is 13.5. The van der Waals surface area contributed by atoms with Crippen molar-refractivity contribution in [1.29, 1.82) is 0 Å². The van der Waals surface area contributed by atoms with Gasteiger partial charge in [-0.15, -0.1) is 10.2 Å². The fraction of sp³-hybridized carbons (Fsp3) is 0.385. The number of ether oxygens (including phenoxy) is 1. The number of carbonyl (C=O) groups excluding carboxylic acids is 1. The molecule has 0 unspecified atom stereocenters. The highest BCUT2D eigenvalue weighted by Crippen LogP contribution is 2.38. The molecule has 2 saturated heterocycles. The average molecular weight is 491 g/mol. The summed E-state index contributed by atoms with van der Waals surface area (Å²) in [6.45, 7) is 3.60. The number of hydrogen-bond donors (Lipinski definition) is 1. The zero-order chi connectivity index (χ0) is 24.0. The van der Waals surface area contributed by atoms with Crippen molar-refractivity contribution in [2.24, 2.45) is 7.05 Å². The molecule has 3 aliphatic rings. The van der Waals surface area contributed by atoms with E-state index >= 15 is 0 Å². The molecule has 0 atom stereocenters. The summed E-state index contributed by atoms with van der Waals surface area (Å²) < 4.78 is 7.55. The third-order valence-electron chi connectivity index (χ3n) is 7.24. The first-order valence-corrected chi connectivity index (χ1v) is 12.3. The number of anilines is 1. The van der Waals surface area contributed by atoms with Crippen molar-refractivity contribution >= 4 is 29.4 Å². The number of fused-ring (bicyclic) bond motifs is 1. The van der Waals surface area contributed by atoms with Gasteiger partial charge in [-0.2, -0.15) is 0 Å². The third kappa shape index (κ3) is 4.16. The van der Waals surface area contributed by atoms with Gasteiger partial charge in [0.05, 0.1) is 19.8 Å². The highest BCUT2D eigenvalue weighted by molar-refractivity contribution is 6.29. The summed E-state index contributed by atoms with van der Waals surface area (Å²) in [4.78, 5) is 19.7. The molecule has 0 radical (unpaired) electrons. The van der Waals surface area contributed by atoms with E-state index in [1.54, 1.807) is 11.2 Å². The van der Waals surface area contributed by atoms with Gasteiger partial charge in [-0.05, 0) is 54.3 Å². The predicted octanol–water partition coefficient (Wildman–Crippen LogP) is 3.30. The van der Waals surface area contributed by atoms with Gasteiger partial charge in [-0.1, -0.05) is 35.4 Å². The number of halogens is 1. The monoisotopic (exact) mass is 490 g/mol. The fourth-order valence-corrected chi connectivity index (χ4v) is 5.38. The van der Waals surface area contributed by atoms with Crippen LogP contribution in [0.15, 0.2) is 42.2 Å². The molecule has 1 N–H and O–H groups in total. The molecule has 3 aliphatic heterocycles. The van der Waals surface area contributed by atoms with E-state index < -0.39 is 0 Å². The minimum Gasteiger partial charge on any atom is -0.379 e. The molecular weight excluding hydrogens is 464 g/mol. The Balaban J connectivity index is 1.28. The second kappa shape index (κ2) is 8.86. The Morgan fingerprint density at radius 2 is 2.14 bits per heavy atom. The number of hydrogen-bond acceptors (Lipinski definition) is 6. The van der Waals surface area contributed by atoms with E-state index in [0.717, 1.165) is 48.4 Å². The van der Waals surface area contributed by atoms with Crippen LogP contribution in [0.1, 0.15) is 45.7 Å². The molecule has 0 bridgehead atoms. The fourth-order valence-electron chi connectivity index (χ4n) is 5.17. The molecule has 6 rings (SSSR count). The third-order valence-corrected chi connectivity index (χ3v) is 7.43. The van der Waals surface area contributed by atoms with E-state index in [2.05, 4.69) is 38.7 Å². The summed E-state index contributed by atoms with van der Waals surface area (Å²) in [5, 5.41) is 12.1. The van der Waals surface area contributed by atoms with Crippen molar-refractivity contribution in [3.05, 3.63) is 75.5 Å². The second-order valence-corrected chi connectivity index (χ2v) is 10.1. The van der Waals surface area contributed by atoms with E-state index in [1.807, 2.05) is 29.8 Å². The average Bonchev–Trinajstić information content (AvgIpc) is 3.38. The van der Waals surface area contributed by atoms with Gasteiger partial charge >= 0.3 is 0 Å². The number of rotatable bonds is 5. The smallest absolute Gasteiger partial charge is 0.260 e. The first-order valence-electron chi connectivity index (χ1n) is 11.9. The molecular formula is C26H27ClN6O2. The summed E-state index contributed by atoms with van der Waals surface area (Å²) in [6.07, 6.45) is 6.77. The van der Waals surface area contributed by atoms with Crippen LogP contribution in [0.4, 0.5) is 5.82 Å². The molecule has 5 heterocycles. The molecule has 1 amide bonds. The van der Waals surface area contributed by atoms with Crippen LogP contribution < -0.4 is 10.2 Å². The SMILES string of the molecule is Cn1cnnc1CC1(c2ccc3c(c2)C(=O)N(c2cc(/C=C4/CCCNC4)cc(Cl)n2)C3)COC1. The van der Waals surface area contributed by atoms with Gasteiger partial charge in [0.2, 0.25) is 0 Å². The largest absolute Gasteiger partial charge is 0.379 e. The topological polar surface area (TPSA) is 85.2 Å². The molecule has 2 aromatic heterocycles. The molecule has 1 aromatic carbocycles. The van der Waals surface area contributed by atoms with Gasteiger partial charge in [0.15, 0.2) is 0 Å². The van der Waals surface area contributed by atoms with Crippen LogP contribution in [0.2, 0.25) is 5.15 Å². The lowest BCUT2D eigenvalue weighted by molar-refractivity contribution is -0.0611. The highest BCUT2D eigenvalue weighted by atomic mass is 35.5. The molecule has 9 heteroatoms. The number of pyridine rings is 1. The maximum atomic E-state index is 13.5. The lowest BCUT2D eigenvalue weighted by Gasteiger charge is -2.41. The Kier molecular flexibility index (Phi) is 5.67. The van der Waals surface area contributed by atoms with Crippen LogP contribution in [0.3, 0.4) is 0 Å². The number of carbonyl (C=O) groups is 1. The molecule has 180 valence electrons. The molecule has 8 nitrogen and oxygen atoms in total. The Labute approximate surface area is 209 Å². The minimum atomic E-state index is -0.203. The number of amides is 1. The second-order valence-electron chi connectivity index (χ2n) is 9.74. The van der Waals surface area contributed by atoms with Crippen LogP contribution in [-0.2, 0) is 30.2 Å². The summed E-state index contributed by atoms with van der Waals surface area (Å²) >= 11 is 6.38. The van der Waals surface area contributed by atoms with Crippen LogP contribution in [0, 0.1) is 0 Å². The van der Waals surface area contributed by atoms with E-state index in [9.17, 15) is 4.79 Å². The van der Waals surface area contributed by atoms with Gasteiger partial charge in [0, 0.05) is 31.0 Å². The highest BCUT2D eigenvalue weighted by Gasteiger charge is 2.43. The Hall–Kier alpha value is -3.07. The van der Waals surface area contributed by atoms with E-state index in [4.69, 9.17) is 16.3 Å². The molecule has 0 spiro atoms. The minimum absolute atomic E-state index is 0.0522. The van der Waals surface area contributed by atoms with Crippen molar-refractivity contribution in [1.82, 2.24) is 25.1 Å². The van der Waals surface area contributed by atoms with Crippen molar-refractivity contribution in [2.45, 2.75) is 31.2 Å². The molecule has 0 saturated carbocycles. The normalized spacial score (nSPS) is 20.2. The van der Waals surface area contributed by atoms with Gasteiger partial charge in [0.1, 0.15) is 23.1 Å². The number of piperidine rings is 1. The molecule has 0 aliphatic carbocycles. The zero-order valence-electron chi connectivity index (χ0n) is 19.6. The van der Waals surface area contributed by atoms with E-state index in [0.29, 0.717) is 42.7 Å². The Bertz CT molecular complexity index is 1320. The van der Waals surface area contributed by atoms with Crippen LogP contribution in [0.5, 0.6) is 0 Å². The lowest BCUT2D eigenvalue weighted by atomic mass is 9.75. The van der Waals surface area contributed by atoms with Gasteiger partial charge in [-0.3, -0.25) is 9.69 Å². The van der Waals surface area contributed by atoms with E-state index in [1.165, 1.54) is 5.57 Å². The summed E-state index contributed by atoms with van der Waals surface area (Å²) in [7, 11) is 1.94. The number of nitrogens with zero attached hydrogens (tertiary/aromatic N) is 5. The lowest BCUT2D eigenvalue weighted by Crippen LogP contribution is -2.49. The Morgan fingerprint density at radius 3 is 2.86 bits per heavy atom. The standard InChI is InChI=1S/C26H27ClN6O2/c1-32-16-29-31-24(32)11-26(14-35-15-26)20-5-4-19-13-33(25(34)21(19)10-20)23-9-18(8-22(27)30-23)7-17-3-2-6-28-12-17/h4-5,7-10,16,28H,2-3,6,11-15H2,1H3/b17-7-. The quantitative estimate of drug-likeness (QED) is 0.552. The first-order chi connectivity index (χ1) is 17.0. The van der Waals surface area contributed by atoms with Crippen LogP contribution in [-0.4, -0.2) is 52.0 Å². The van der Waals surface area contributed by atoms with Crippen LogP contribution in [0.25, 0.3) is 6.08 Å². The summed E-state index contributed by atoms with van der Waals surface area (Å²) in [5.74, 6) is 1.43. The predicted molar refractivity (Wildman–Crippen MR) is 133 cm³/mol. The van der Waals surface area contributed by atoms with Crippen LogP contribution >= 0.6 is 11.6 Å². The van der Waals surface area contributed by atoms with Gasteiger partial charge in [-0.25, -0.2) is 4.98 Å². The van der Waals surface area contributed by atoms with E-state index in [-0.39, 0.29) is 11.3 Å². The Morgan fingerprint density at radius 1 is 1.26 bits per heavy atom. The maximum Gasteiger partial charge on any atom is 0.260 e. The molecule has 3 aromatic rings. The summed E-state index contributed by atoms with van der Waals surface area (Å²) in [5.41, 5.74) is 4.90. The number of benzene rings is 1.